The van der Waals surface area contributed by atoms with Crippen LogP contribution in [-0.2, 0) is 0 Å². The number of thioether (sulfide) groups is 1. The molecule has 0 radical (unpaired) electrons. The maximum Gasteiger partial charge on any atom is 0.224 e. The molecule has 1 heterocycles. The van der Waals surface area contributed by atoms with Crippen LogP contribution in [0.1, 0.15) is 0 Å². The lowest BCUT2D eigenvalue weighted by Crippen LogP contribution is -2.02. The minimum absolute atomic E-state index is 0.322. The summed E-state index contributed by atoms with van der Waals surface area (Å²) in [5.74, 6) is 0.322. The molecule has 2 N–H and O–H groups in total. The van der Waals surface area contributed by atoms with Gasteiger partial charge in [0, 0.05) is 0 Å². The zero-order valence-corrected chi connectivity index (χ0v) is 10.6. The van der Waals surface area contributed by atoms with Gasteiger partial charge in [-0.2, -0.15) is 9.67 Å². The fraction of sp³-hybridized carbons (Fsp3) is 0.111. The molecule has 1 aromatic heterocycles. The Morgan fingerprint density at radius 2 is 2.06 bits per heavy atom. The number of nitrogen functional groups attached to an aromatic ring is 1. The first-order chi connectivity index (χ1) is 7.61. The van der Waals surface area contributed by atoms with Gasteiger partial charge in [-0.25, -0.2) is 0 Å². The van der Waals surface area contributed by atoms with Gasteiger partial charge in [0.15, 0.2) is 0 Å². The van der Waals surface area contributed by atoms with E-state index in [0.29, 0.717) is 21.2 Å². The molecule has 84 valence electrons. The van der Waals surface area contributed by atoms with Crippen molar-refractivity contribution in [2.24, 2.45) is 0 Å². The summed E-state index contributed by atoms with van der Waals surface area (Å²) in [6, 6.07) is 5.17. The number of nitrogens with zero attached hydrogens (tertiary/aromatic N) is 3. The summed E-state index contributed by atoms with van der Waals surface area (Å²) in [6.07, 6.45) is 1.88. The summed E-state index contributed by atoms with van der Waals surface area (Å²) in [7, 11) is 0. The fourth-order valence-electron chi connectivity index (χ4n) is 1.20. The summed E-state index contributed by atoms with van der Waals surface area (Å²) in [5.41, 5.74) is 6.47. The molecule has 0 unspecified atom stereocenters. The van der Waals surface area contributed by atoms with Crippen LogP contribution in [0.5, 0.6) is 0 Å². The highest BCUT2D eigenvalue weighted by Crippen LogP contribution is 2.25. The van der Waals surface area contributed by atoms with Crippen LogP contribution in [0.4, 0.5) is 5.95 Å². The first kappa shape index (κ1) is 11.6. The minimum atomic E-state index is 0.322. The standard InChI is InChI=1S/C9H8Cl2N4S/c1-16-9-13-8(12)15(14-9)5-2-3-6(10)7(11)4-5/h2-4H,1H3,(H2,12,13,14). The summed E-state index contributed by atoms with van der Waals surface area (Å²) in [4.78, 5) is 4.07. The monoisotopic (exact) mass is 274 g/mol. The molecule has 0 aliphatic rings. The van der Waals surface area contributed by atoms with Crippen LogP contribution in [-0.4, -0.2) is 21.0 Å². The summed E-state index contributed by atoms with van der Waals surface area (Å²) in [5, 5.41) is 5.78. The third-order valence-electron chi connectivity index (χ3n) is 1.94. The number of aromatic nitrogens is 3. The highest BCUT2D eigenvalue weighted by atomic mass is 35.5. The highest BCUT2D eigenvalue weighted by Gasteiger charge is 2.09. The first-order valence-corrected chi connectivity index (χ1v) is 6.32. The van der Waals surface area contributed by atoms with Crippen LogP contribution < -0.4 is 5.73 Å². The van der Waals surface area contributed by atoms with E-state index in [1.165, 1.54) is 16.4 Å². The Balaban J connectivity index is 2.49. The molecule has 0 atom stereocenters. The van der Waals surface area contributed by atoms with E-state index in [1.807, 2.05) is 6.26 Å². The Bertz CT molecular complexity index is 526. The Kier molecular flexibility index (Phi) is 3.28. The fourth-order valence-corrected chi connectivity index (χ4v) is 1.84. The van der Waals surface area contributed by atoms with E-state index >= 15 is 0 Å². The topological polar surface area (TPSA) is 56.7 Å². The lowest BCUT2D eigenvalue weighted by Gasteiger charge is -2.03. The van der Waals surface area contributed by atoms with Gasteiger partial charge in [-0.15, -0.1) is 5.10 Å². The van der Waals surface area contributed by atoms with Crippen molar-refractivity contribution >= 4 is 40.9 Å². The first-order valence-electron chi connectivity index (χ1n) is 4.34. The Morgan fingerprint density at radius 1 is 1.31 bits per heavy atom. The van der Waals surface area contributed by atoms with Gasteiger partial charge in [-0.1, -0.05) is 35.0 Å². The minimum Gasteiger partial charge on any atom is -0.368 e. The van der Waals surface area contributed by atoms with Crippen LogP contribution in [0.2, 0.25) is 10.0 Å². The van der Waals surface area contributed by atoms with Crippen molar-refractivity contribution in [2.45, 2.75) is 5.16 Å². The third-order valence-corrected chi connectivity index (χ3v) is 3.22. The Labute approximate surface area is 107 Å². The SMILES string of the molecule is CSc1nc(N)n(-c2ccc(Cl)c(Cl)c2)n1. The van der Waals surface area contributed by atoms with Crippen LogP contribution in [0.3, 0.4) is 0 Å². The van der Waals surface area contributed by atoms with Crippen molar-refractivity contribution in [3.05, 3.63) is 28.2 Å². The quantitative estimate of drug-likeness (QED) is 0.856. The zero-order chi connectivity index (χ0) is 11.7. The average Bonchev–Trinajstić information content (AvgIpc) is 2.64. The number of anilines is 1. The van der Waals surface area contributed by atoms with Gasteiger partial charge in [0.2, 0.25) is 11.1 Å². The van der Waals surface area contributed by atoms with Crippen LogP contribution >= 0.6 is 35.0 Å². The van der Waals surface area contributed by atoms with Gasteiger partial charge in [0.05, 0.1) is 15.7 Å². The second kappa shape index (κ2) is 4.53. The van der Waals surface area contributed by atoms with Crippen molar-refractivity contribution in [1.82, 2.24) is 14.8 Å². The molecule has 0 bridgehead atoms. The van der Waals surface area contributed by atoms with Crippen LogP contribution in [0.25, 0.3) is 5.69 Å². The molecule has 0 saturated heterocycles. The number of halogens is 2. The van der Waals surface area contributed by atoms with Crippen molar-refractivity contribution in [1.29, 1.82) is 0 Å². The number of benzene rings is 1. The smallest absolute Gasteiger partial charge is 0.224 e. The normalized spacial score (nSPS) is 10.7. The van der Waals surface area contributed by atoms with Crippen molar-refractivity contribution in [2.75, 3.05) is 12.0 Å². The number of hydrogen-bond donors (Lipinski definition) is 1. The van der Waals surface area contributed by atoms with E-state index in [0.717, 1.165) is 5.69 Å². The second-order valence-corrected chi connectivity index (χ2v) is 4.55. The second-order valence-electron chi connectivity index (χ2n) is 2.97. The molecule has 0 aliphatic carbocycles. The molecule has 2 rings (SSSR count). The van der Waals surface area contributed by atoms with Gasteiger partial charge in [-0.3, -0.25) is 0 Å². The Morgan fingerprint density at radius 3 is 2.62 bits per heavy atom. The maximum atomic E-state index is 5.92. The van der Waals surface area contributed by atoms with Crippen molar-refractivity contribution in [3.63, 3.8) is 0 Å². The van der Waals surface area contributed by atoms with Crippen LogP contribution in [0, 0.1) is 0 Å². The van der Waals surface area contributed by atoms with E-state index in [2.05, 4.69) is 10.1 Å². The molecule has 0 fully saturated rings. The highest BCUT2D eigenvalue weighted by molar-refractivity contribution is 7.98. The number of hydrogen-bond acceptors (Lipinski definition) is 4. The average molecular weight is 275 g/mol. The van der Waals surface area contributed by atoms with E-state index in [9.17, 15) is 0 Å². The van der Waals surface area contributed by atoms with E-state index in [-0.39, 0.29) is 0 Å². The maximum absolute atomic E-state index is 5.92. The molecular formula is C9H8Cl2N4S. The summed E-state index contributed by atoms with van der Waals surface area (Å²) < 4.78 is 1.52. The summed E-state index contributed by atoms with van der Waals surface area (Å²) in [6.45, 7) is 0. The molecule has 0 amide bonds. The van der Waals surface area contributed by atoms with Gasteiger partial charge >= 0.3 is 0 Å². The number of rotatable bonds is 2. The van der Waals surface area contributed by atoms with E-state index < -0.39 is 0 Å². The summed E-state index contributed by atoms with van der Waals surface area (Å²) >= 11 is 13.2. The van der Waals surface area contributed by atoms with Gasteiger partial charge in [-0.05, 0) is 24.5 Å². The predicted octanol–water partition coefficient (Wildman–Crippen LogP) is 2.88. The van der Waals surface area contributed by atoms with E-state index in [4.69, 9.17) is 28.9 Å². The molecule has 0 saturated carbocycles. The van der Waals surface area contributed by atoms with Gasteiger partial charge in [0.1, 0.15) is 0 Å². The molecule has 0 spiro atoms. The van der Waals surface area contributed by atoms with Gasteiger partial charge in [0.25, 0.3) is 0 Å². The molecule has 1 aromatic carbocycles. The molecule has 0 aliphatic heterocycles. The van der Waals surface area contributed by atoms with E-state index in [1.54, 1.807) is 18.2 Å². The van der Waals surface area contributed by atoms with Gasteiger partial charge < -0.3 is 5.73 Å². The predicted molar refractivity (Wildman–Crippen MR) is 67.6 cm³/mol. The zero-order valence-electron chi connectivity index (χ0n) is 8.32. The molecule has 4 nitrogen and oxygen atoms in total. The lowest BCUT2D eigenvalue weighted by atomic mass is 10.3. The third kappa shape index (κ3) is 2.11. The molecular weight excluding hydrogens is 267 g/mol. The molecule has 7 heteroatoms. The Hall–Kier alpha value is -0.910. The number of nitrogens with two attached hydrogens (primary N) is 1. The van der Waals surface area contributed by atoms with Crippen molar-refractivity contribution < 1.29 is 0 Å². The molecule has 2 aromatic rings. The lowest BCUT2D eigenvalue weighted by molar-refractivity contribution is 0.842. The van der Waals surface area contributed by atoms with Crippen molar-refractivity contribution in [3.8, 4) is 5.69 Å². The molecule has 16 heavy (non-hydrogen) atoms. The largest absolute Gasteiger partial charge is 0.368 e. The van der Waals surface area contributed by atoms with Crippen LogP contribution in [0.15, 0.2) is 23.4 Å².